The summed E-state index contributed by atoms with van der Waals surface area (Å²) in [4.78, 5) is 41.0. The summed E-state index contributed by atoms with van der Waals surface area (Å²) in [7, 11) is 1.76. The highest BCUT2D eigenvalue weighted by Crippen LogP contribution is 2.34. The van der Waals surface area contributed by atoms with Gasteiger partial charge in [-0.05, 0) is 37.8 Å². The molecule has 5 heterocycles. The van der Waals surface area contributed by atoms with Gasteiger partial charge in [0.2, 0.25) is 5.95 Å². The number of rotatable bonds is 4. The van der Waals surface area contributed by atoms with E-state index in [0.717, 1.165) is 61.5 Å². The Morgan fingerprint density at radius 1 is 1.10 bits per heavy atom. The second kappa shape index (κ2) is 8.55. The predicted molar refractivity (Wildman–Crippen MR) is 117 cm³/mol. The molecule has 2 aromatic heterocycles. The molecule has 2 saturated heterocycles. The van der Waals surface area contributed by atoms with Gasteiger partial charge in [-0.2, -0.15) is 0 Å². The average Bonchev–Trinajstić information content (AvgIpc) is 3.58. The molecule has 3 aliphatic heterocycles. The molecular weight excluding hydrogens is 414 g/mol. The molecule has 0 saturated carbocycles. The Bertz CT molecular complexity index is 995. The van der Waals surface area contributed by atoms with Crippen LogP contribution in [0.25, 0.3) is 0 Å². The van der Waals surface area contributed by atoms with Crippen molar-refractivity contribution >= 4 is 29.1 Å². The molecule has 1 N–H and O–H groups in total. The van der Waals surface area contributed by atoms with Crippen molar-refractivity contribution in [3.63, 3.8) is 0 Å². The zero-order valence-electron chi connectivity index (χ0n) is 17.7. The molecule has 2 amide bonds. The maximum atomic E-state index is 13.2. The number of nitrogens with zero attached hydrogens (tertiary/aromatic N) is 4. The molecule has 1 atom stereocenters. The fourth-order valence-electron chi connectivity index (χ4n) is 4.54. The summed E-state index contributed by atoms with van der Waals surface area (Å²) in [5, 5.41) is 2.97. The van der Waals surface area contributed by atoms with Crippen molar-refractivity contribution < 1.29 is 14.3 Å². The highest BCUT2D eigenvalue weighted by molar-refractivity contribution is 7.14. The molecule has 5 rings (SSSR count). The van der Waals surface area contributed by atoms with E-state index in [0.29, 0.717) is 36.0 Å². The predicted octanol–water partition coefficient (Wildman–Crippen LogP) is 2.87. The first kappa shape index (κ1) is 20.4. The summed E-state index contributed by atoms with van der Waals surface area (Å²) in [5.74, 6) is 0.399. The van der Waals surface area contributed by atoms with Gasteiger partial charge < -0.3 is 19.9 Å². The summed E-state index contributed by atoms with van der Waals surface area (Å²) < 4.78 is 5.76. The third-order valence-corrected chi connectivity index (χ3v) is 7.42. The number of carbonyl (C=O) groups is 2. The standard InChI is InChI=1S/C22H27N5O3S/c1-23-22-24-15-8-11-27(13-14(15)19(25-22)21(29)26-9-2-3-10-26)20(28)18-7-6-17(31-18)16-5-4-12-30-16/h6-7,16H,2-5,8-13H2,1H3,(H,23,24,25). The topological polar surface area (TPSA) is 87.7 Å². The quantitative estimate of drug-likeness (QED) is 0.785. The number of amides is 2. The molecule has 164 valence electrons. The van der Waals surface area contributed by atoms with E-state index in [1.54, 1.807) is 7.05 Å². The van der Waals surface area contributed by atoms with E-state index >= 15 is 0 Å². The van der Waals surface area contributed by atoms with Gasteiger partial charge in [0, 0.05) is 50.2 Å². The van der Waals surface area contributed by atoms with Crippen molar-refractivity contribution in [2.75, 3.05) is 38.6 Å². The molecule has 0 aromatic carbocycles. The fraction of sp³-hybridized carbons (Fsp3) is 0.545. The molecule has 8 nitrogen and oxygen atoms in total. The molecule has 2 fully saturated rings. The monoisotopic (exact) mass is 441 g/mol. The number of carbonyl (C=O) groups excluding carboxylic acids is 2. The Hall–Kier alpha value is -2.52. The lowest BCUT2D eigenvalue weighted by Crippen LogP contribution is -2.39. The fourth-order valence-corrected chi connectivity index (χ4v) is 5.60. The molecular formula is C22H27N5O3S. The third-order valence-electron chi connectivity index (χ3n) is 6.25. The molecule has 0 spiro atoms. The number of nitrogens with one attached hydrogen (secondary N) is 1. The number of aromatic nitrogens is 2. The minimum Gasteiger partial charge on any atom is -0.373 e. The molecule has 0 radical (unpaired) electrons. The van der Waals surface area contributed by atoms with E-state index < -0.39 is 0 Å². The van der Waals surface area contributed by atoms with E-state index in [1.807, 2.05) is 21.9 Å². The number of anilines is 1. The summed E-state index contributed by atoms with van der Waals surface area (Å²) >= 11 is 1.52. The average molecular weight is 442 g/mol. The first-order chi connectivity index (χ1) is 15.1. The van der Waals surface area contributed by atoms with Crippen LogP contribution < -0.4 is 5.32 Å². The van der Waals surface area contributed by atoms with Crippen LogP contribution >= 0.6 is 11.3 Å². The lowest BCUT2D eigenvalue weighted by molar-refractivity contribution is 0.0723. The van der Waals surface area contributed by atoms with Gasteiger partial charge in [0.15, 0.2) is 0 Å². The van der Waals surface area contributed by atoms with E-state index in [-0.39, 0.29) is 17.9 Å². The Labute approximate surface area is 185 Å². The molecule has 31 heavy (non-hydrogen) atoms. The van der Waals surface area contributed by atoms with E-state index in [2.05, 4.69) is 15.3 Å². The van der Waals surface area contributed by atoms with Crippen LogP contribution in [0.4, 0.5) is 5.95 Å². The summed E-state index contributed by atoms with van der Waals surface area (Å²) in [6, 6.07) is 3.91. The molecule has 0 aliphatic carbocycles. The summed E-state index contributed by atoms with van der Waals surface area (Å²) in [6.45, 7) is 3.25. The van der Waals surface area contributed by atoms with Crippen LogP contribution in [0.5, 0.6) is 0 Å². The van der Waals surface area contributed by atoms with Gasteiger partial charge >= 0.3 is 0 Å². The highest BCUT2D eigenvalue weighted by atomic mass is 32.1. The van der Waals surface area contributed by atoms with Crippen molar-refractivity contribution in [3.8, 4) is 0 Å². The number of hydrogen-bond acceptors (Lipinski definition) is 7. The van der Waals surface area contributed by atoms with Crippen molar-refractivity contribution in [3.05, 3.63) is 38.8 Å². The van der Waals surface area contributed by atoms with Crippen LogP contribution in [0.2, 0.25) is 0 Å². The van der Waals surface area contributed by atoms with Crippen LogP contribution in [0.3, 0.4) is 0 Å². The number of hydrogen-bond donors (Lipinski definition) is 1. The van der Waals surface area contributed by atoms with Crippen LogP contribution in [0.1, 0.15) is 68.1 Å². The first-order valence-corrected chi connectivity index (χ1v) is 11.8. The maximum absolute atomic E-state index is 13.2. The van der Waals surface area contributed by atoms with E-state index in [9.17, 15) is 9.59 Å². The SMILES string of the molecule is CNc1nc2c(c(C(=O)N3CCCC3)n1)CN(C(=O)c1ccc(C3CCCO3)s1)CC2. The summed E-state index contributed by atoms with van der Waals surface area (Å²) in [6.07, 6.45) is 4.85. The van der Waals surface area contributed by atoms with Crippen molar-refractivity contribution in [1.29, 1.82) is 0 Å². The van der Waals surface area contributed by atoms with Gasteiger partial charge in [0.1, 0.15) is 5.69 Å². The number of likely N-dealkylation sites (tertiary alicyclic amines) is 1. The van der Waals surface area contributed by atoms with Crippen LogP contribution in [0.15, 0.2) is 12.1 Å². The van der Waals surface area contributed by atoms with Gasteiger partial charge in [0.25, 0.3) is 11.8 Å². The minimum absolute atomic E-state index is 0.00263. The van der Waals surface area contributed by atoms with Gasteiger partial charge in [-0.25, -0.2) is 9.97 Å². The van der Waals surface area contributed by atoms with E-state index in [1.165, 1.54) is 11.3 Å². The number of fused-ring (bicyclic) bond motifs is 1. The first-order valence-electron chi connectivity index (χ1n) is 11.0. The lowest BCUT2D eigenvalue weighted by atomic mass is 10.0. The van der Waals surface area contributed by atoms with Crippen molar-refractivity contribution in [2.24, 2.45) is 0 Å². The van der Waals surface area contributed by atoms with Gasteiger partial charge in [0.05, 0.1) is 23.2 Å². The second-order valence-electron chi connectivity index (χ2n) is 8.25. The zero-order chi connectivity index (χ0) is 21.4. The maximum Gasteiger partial charge on any atom is 0.273 e. The Kier molecular flexibility index (Phi) is 5.62. The number of ether oxygens (including phenoxy) is 1. The highest BCUT2D eigenvalue weighted by Gasteiger charge is 2.32. The van der Waals surface area contributed by atoms with Gasteiger partial charge in [-0.3, -0.25) is 9.59 Å². The Morgan fingerprint density at radius 3 is 2.68 bits per heavy atom. The largest absolute Gasteiger partial charge is 0.373 e. The third kappa shape index (κ3) is 3.92. The normalized spacial score (nSPS) is 20.7. The van der Waals surface area contributed by atoms with Crippen molar-refractivity contribution in [2.45, 2.75) is 44.8 Å². The van der Waals surface area contributed by atoms with Crippen LogP contribution in [0, 0.1) is 0 Å². The Balaban J connectivity index is 1.40. The van der Waals surface area contributed by atoms with Gasteiger partial charge in [-0.15, -0.1) is 11.3 Å². The summed E-state index contributed by atoms with van der Waals surface area (Å²) in [5.41, 5.74) is 2.07. The van der Waals surface area contributed by atoms with Crippen molar-refractivity contribution in [1.82, 2.24) is 19.8 Å². The molecule has 0 bridgehead atoms. The Morgan fingerprint density at radius 2 is 1.94 bits per heavy atom. The molecule has 9 heteroatoms. The van der Waals surface area contributed by atoms with Gasteiger partial charge in [-0.1, -0.05) is 0 Å². The minimum atomic E-state index is -0.0567. The second-order valence-corrected chi connectivity index (χ2v) is 9.37. The smallest absolute Gasteiger partial charge is 0.273 e. The van der Waals surface area contributed by atoms with E-state index in [4.69, 9.17) is 4.74 Å². The molecule has 1 unspecified atom stereocenters. The zero-order valence-corrected chi connectivity index (χ0v) is 18.5. The molecule has 2 aromatic rings. The number of thiophene rings is 1. The molecule has 3 aliphatic rings. The van der Waals surface area contributed by atoms with Crippen LogP contribution in [-0.2, 0) is 17.7 Å². The van der Waals surface area contributed by atoms with Crippen LogP contribution in [-0.4, -0.2) is 64.9 Å². The lowest BCUT2D eigenvalue weighted by Gasteiger charge is -2.30.